The summed E-state index contributed by atoms with van der Waals surface area (Å²) >= 11 is 0. The second kappa shape index (κ2) is 4.65. The Hall–Kier alpha value is -1.51. The monoisotopic (exact) mass is 194 g/mol. The zero-order valence-corrected chi connectivity index (χ0v) is 8.16. The number of amides is 1. The van der Waals surface area contributed by atoms with Crippen LogP contribution in [0.25, 0.3) is 0 Å². The Bertz CT molecular complexity index is 324. The van der Waals surface area contributed by atoms with E-state index in [1.54, 1.807) is 12.1 Å². The van der Waals surface area contributed by atoms with Crippen molar-refractivity contribution in [2.24, 2.45) is 0 Å². The predicted molar refractivity (Wildman–Crippen MR) is 55.1 cm³/mol. The molecule has 1 amide bonds. The Morgan fingerprint density at radius 1 is 1.57 bits per heavy atom. The van der Waals surface area contributed by atoms with E-state index in [0.717, 1.165) is 5.56 Å². The summed E-state index contributed by atoms with van der Waals surface area (Å²) in [5.41, 5.74) is 1.05. The molecule has 1 atom stereocenters. The first kappa shape index (κ1) is 9.06. The largest absolute Gasteiger partial charge is 0.508 e. The smallest absolute Gasteiger partial charge is 0.217 e. The van der Waals surface area contributed by atoms with Gasteiger partial charge in [-0.2, -0.15) is 0 Å². The highest BCUT2D eigenvalue weighted by Gasteiger charge is 2.04. The van der Waals surface area contributed by atoms with Crippen molar-refractivity contribution < 1.29 is 11.3 Å². The van der Waals surface area contributed by atoms with Gasteiger partial charge >= 0.3 is 0 Å². The topological polar surface area (TPSA) is 49.3 Å². The van der Waals surface area contributed by atoms with Crippen molar-refractivity contribution in [1.82, 2.24) is 5.32 Å². The molecule has 3 heteroatoms. The molecule has 0 spiro atoms. The van der Waals surface area contributed by atoms with Crippen LogP contribution in [0.2, 0.25) is 0 Å². The standard InChI is InChI=1S/C11H15NO2/c1-8(12-9(2)13)7-10-3-5-11(14)6-4-10/h3-6,8,14H,7H2,1-2H3,(H,12,13)/i2D. The molecule has 0 radical (unpaired) electrons. The third kappa shape index (κ3) is 3.47. The van der Waals surface area contributed by atoms with Gasteiger partial charge in [0.2, 0.25) is 5.91 Å². The lowest BCUT2D eigenvalue weighted by Gasteiger charge is -2.12. The van der Waals surface area contributed by atoms with E-state index in [2.05, 4.69) is 5.32 Å². The minimum absolute atomic E-state index is 0.00685. The molecule has 0 aliphatic carbocycles. The van der Waals surface area contributed by atoms with Crippen molar-refractivity contribution in [1.29, 1.82) is 0 Å². The minimum atomic E-state index is -0.263. The van der Waals surface area contributed by atoms with E-state index in [4.69, 9.17) is 6.48 Å². The molecule has 0 aliphatic rings. The lowest BCUT2D eigenvalue weighted by Crippen LogP contribution is -2.31. The lowest BCUT2D eigenvalue weighted by atomic mass is 10.1. The zero-order chi connectivity index (χ0) is 11.3. The highest BCUT2D eigenvalue weighted by Crippen LogP contribution is 2.10. The van der Waals surface area contributed by atoms with Crippen LogP contribution in [0.4, 0.5) is 0 Å². The van der Waals surface area contributed by atoms with Gasteiger partial charge in [-0.15, -0.1) is 0 Å². The van der Waals surface area contributed by atoms with Gasteiger partial charge < -0.3 is 10.4 Å². The Morgan fingerprint density at radius 3 is 2.79 bits per heavy atom. The molecule has 1 unspecified atom stereocenters. The number of hydrogen-bond donors (Lipinski definition) is 2. The van der Waals surface area contributed by atoms with Gasteiger partial charge in [0.05, 0.1) is 0 Å². The number of carbonyl (C=O) groups excluding carboxylic acids is 1. The fourth-order valence-electron chi connectivity index (χ4n) is 1.31. The summed E-state index contributed by atoms with van der Waals surface area (Å²) in [4.78, 5) is 10.9. The maximum Gasteiger partial charge on any atom is 0.217 e. The van der Waals surface area contributed by atoms with Crippen LogP contribution >= 0.6 is 0 Å². The van der Waals surface area contributed by atoms with Crippen LogP contribution in [0.3, 0.4) is 0 Å². The zero-order valence-electron chi connectivity index (χ0n) is 9.16. The predicted octanol–water partition coefficient (Wildman–Crippen LogP) is 1.46. The normalized spacial score (nSPS) is 13.1. The number of phenolic OH excluding ortho intramolecular Hbond substituents is 1. The van der Waals surface area contributed by atoms with Crippen molar-refractivity contribution in [2.45, 2.75) is 26.3 Å². The molecule has 0 bridgehead atoms. The van der Waals surface area contributed by atoms with Crippen molar-refractivity contribution in [2.75, 3.05) is 0 Å². The Kier molecular flexibility index (Phi) is 3.01. The van der Waals surface area contributed by atoms with Gasteiger partial charge in [-0.1, -0.05) is 12.1 Å². The van der Waals surface area contributed by atoms with Crippen molar-refractivity contribution in [3.63, 3.8) is 0 Å². The summed E-state index contributed by atoms with van der Waals surface area (Å²) in [6.45, 7) is 1.65. The lowest BCUT2D eigenvalue weighted by molar-refractivity contribution is -0.119. The van der Waals surface area contributed by atoms with Crippen molar-refractivity contribution in [3.05, 3.63) is 29.8 Å². The molecule has 76 valence electrons. The second-order valence-electron chi connectivity index (χ2n) is 3.34. The third-order valence-electron chi connectivity index (χ3n) is 1.89. The molecular weight excluding hydrogens is 178 g/mol. The van der Waals surface area contributed by atoms with E-state index >= 15 is 0 Å². The third-order valence-corrected chi connectivity index (χ3v) is 1.89. The Labute approximate surface area is 85.2 Å². The molecule has 0 saturated heterocycles. The quantitative estimate of drug-likeness (QED) is 0.765. The Balaban J connectivity index is 2.47. The summed E-state index contributed by atoms with van der Waals surface area (Å²) in [7, 11) is 0. The van der Waals surface area contributed by atoms with E-state index in [1.807, 2.05) is 19.1 Å². The van der Waals surface area contributed by atoms with E-state index in [0.29, 0.717) is 6.42 Å². The van der Waals surface area contributed by atoms with Crippen LogP contribution < -0.4 is 5.32 Å². The van der Waals surface area contributed by atoms with E-state index in [1.165, 1.54) is 0 Å². The average molecular weight is 194 g/mol. The SMILES string of the molecule is [2H]CC(=O)NC(C)Cc1ccc(O)cc1. The summed E-state index contributed by atoms with van der Waals surface area (Å²) < 4.78 is 6.86. The first-order chi connectivity index (χ1) is 7.11. The van der Waals surface area contributed by atoms with Crippen LogP contribution in [0.15, 0.2) is 24.3 Å². The van der Waals surface area contributed by atoms with Crippen molar-refractivity contribution >= 4 is 5.91 Å². The highest BCUT2D eigenvalue weighted by molar-refractivity contribution is 5.73. The molecule has 14 heavy (non-hydrogen) atoms. The molecule has 0 heterocycles. The maximum absolute atomic E-state index is 10.9. The summed E-state index contributed by atoms with van der Waals surface area (Å²) in [6.07, 6.45) is 0.700. The number of rotatable bonds is 3. The highest BCUT2D eigenvalue weighted by atomic mass is 16.3. The first-order valence-corrected chi connectivity index (χ1v) is 4.48. The Morgan fingerprint density at radius 2 is 2.21 bits per heavy atom. The molecule has 1 aromatic carbocycles. The van der Waals surface area contributed by atoms with E-state index in [-0.39, 0.29) is 24.6 Å². The van der Waals surface area contributed by atoms with Gasteiger partial charge in [-0.05, 0) is 31.0 Å². The van der Waals surface area contributed by atoms with Gasteiger partial charge in [0.25, 0.3) is 0 Å². The fraction of sp³-hybridized carbons (Fsp3) is 0.364. The molecule has 2 N–H and O–H groups in total. The number of aromatic hydroxyl groups is 1. The van der Waals surface area contributed by atoms with Gasteiger partial charge in [0, 0.05) is 14.3 Å². The minimum Gasteiger partial charge on any atom is -0.508 e. The summed E-state index contributed by atoms with van der Waals surface area (Å²) in [5.74, 6) is -0.0251. The molecule has 0 saturated carbocycles. The number of hydrogen-bond acceptors (Lipinski definition) is 2. The maximum atomic E-state index is 10.9. The molecule has 1 rings (SSSR count). The van der Waals surface area contributed by atoms with Crippen LogP contribution in [0.1, 0.15) is 20.8 Å². The fourth-order valence-corrected chi connectivity index (χ4v) is 1.31. The molecule has 0 fully saturated rings. The summed E-state index contributed by atoms with van der Waals surface area (Å²) in [5, 5.41) is 11.8. The first-order valence-electron chi connectivity index (χ1n) is 5.19. The second-order valence-corrected chi connectivity index (χ2v) is 3.34. The van der Waals surface area contributed by atoms with Gasteiger partial charge in [-0.3, -0.25) is 4.79 Å². The number of benzene rings is 1. The molecule has 0 aliphatic heterocycles. The van der Waals surface area contributed by atoms with Crippen LogP contribution in [-0.4, -0.2) is 17.1 Å². The van der Waals surface area contributed by atoms with Gasteiger partial charge in [0.15, 0.2) is 0 Å². The van der Waals surface area contributed by atoms with Gasteiger partial charge in [0.1, 0.15) is 5.75 Å². The molecule has 1 aromatic rings. The summed E-state index contributed by atoms with van der Waals surface area (Å²) in [6, 6.07) is 6.88. The van der Waals surface area contributed by atoms with Crippen molar-refractivity contribution in [3.8, 4) is 5.75 Å². The van der Waals surface area contributed by atoms with Gasteiger partial charge in [-0.25, -0.2) is 0 Å². The van der Waals surface area contributed by atoms with Crippen LogP contribution in [-0.2, 0) is 11.2 Å². The van der Waals surface area contributed by atoms with Crippen LogP contribution in [0, 0.1) is 0 Å². The average Bonchev–Trinajstić information content (AvgIpc) is 2.21. The molecular formula is C11H15NO2. The number of nitrogens with one attached hydrogen (secondary N) is 1. The van der Waals surface area contributed by atoms with Crippen LogP contribution in [0.5, 0.6) is 5.75 Å². The van der Waals surface area contributed by atoms with E-state index in [9.17, 15) is 4.79 Å². The molecule has 0 aromatic heterocycles. The number of carbonyl (C=O) groups is 1. The number of phenols is 1. The molecule has 3 nitrogen and oxygen atoms in total. The van der Waals surface area contributed by atoms with E-state index < -0.39 is 0 Å².